The van der Waals surface area contributed by atoms with Crippen LogP contribution in [-0.2, 0) is 5.41 Å². The van der Waals surface area contributed by atoms with Crippen molar-refractivity contribution in [3.63, 3.8) is 0 Å². The zero-order valence-electron chi connectivity index (χ0n) is 16.8. The third-order valence-electron chi connectivity index (χ3n) is 5.14. The normalized spacial score (nSPS) is 16.4. The minimum atomic E-state index is 0.0893. The summed E-state index contributed by atoms with van der Waals surface area (Å²) < 4.78 is 0. The van der Waals surface area contributed by atoms with E-state index in [1.54, 1.807) is 0 Å². The molecule has 3 heterocycles. The van der Waals surface area contributed by atoms with Gasteiger partial charge in [0.25, 0.3) is 0 Å². The zero-order chi connectivity index (χ0) is 19.3. The van der Waals surface area contributed by atoms with Crippen LogP contribution >= 0.6 is 11.3 Å². The SMILES string of the molecule is CN=C(NCC(C)(C)c1cccs1)NC1CCN(c2cccc(C)n2)CC1. The first kappa shape index (κ1) is 19.7. The lowest BCUT2D eigenvalue weighted by molar-refractivity contribution is 0.453. The molecule has 0 aliphatic carbocycles. The van der Waals surface area contributed by atoms with Gasteiger partial charge in [-0.05, 0) is 43.3 Å². The van der Waals surface area contributed by atoms with Gasteiger partial charge in [-0.25, -0.2) is 4.98 Å². The van der Waals surface area contributed by atoms with Crippen molar-refractivity contribution in [1.29, 1.82) is 0 Å². The summed E-state index contributed by atoms with van der Waals surface area (Å²) in [4.78, 5) is 12.8. The van der Waals surface area contributed by atoms with Crippen LogP contribution in [0.5, 0.6) is 0 Å². The van der Waals surface area contributed by atoms with Gasteiger partial charge in [0.2, 0.25) is 0 Å². The first-order chi connectivity index (χ1) is 13.0. The Morgan fingerprint density at radius 2 is 2.04 bits per heavy atom. The molecule has 27 heavy (non-hydrogen) atoms. The Morgan fingerprint density at radius 1 is 1.26 bits per heavy atom. The number of aromatic nitrogens is 1. The minimum absolute atomic E-state index is 0.0893. The second kappa shape index (κ2) is 8.74. The number of aliphatic imine (C=N–C) groups is 1. The maximum absolute atomic E-state index is 4.65. The first-order valence-electron chi connectivity index (χ1n) is 9.68. The molecule has 1 aliphatic heterocycles. The summed E-state index contributed by atoms with van der Waals surface area (Å²) in [5.41, 5.74) is 1.16. The van der Waals surface area contributed by atoms with Crippen LogP contribution in [0.3, 0.4) is 0 Å². The average molecular weight is 386 g/mol. The maximum Gasteiger partial charge on any atom is 0.191 e. The fourth-order valence-corrected chi connectivity index (χ4v) is 4.25. The van der Waals surface area contributed by atoms with Crippen molar-refractivity contribution in [3.05, 3.63) is 46.3 Å². The van der Waals surface area contributed by atoms with Crippen molar-refractivity contribution in [1.82, 2.24) is 15.6 Å². The van der Waals surface area contributed by atoms with Crippen molar-refractivity contribution in [2.75, 3.05) is 31.6 Å². The summed E-state index contributed by atoms with van der Waals surface area (Å²) in [6, 6.07) is 11.0. The van der Waals surface area contributed by atoms with Gasteiger partial charge >= 0.3 is 0 Å². The van der Waals surface area contributed by atoms with Gasteiger partial charge in [0.15, 0.2) is 5.96 Å². The summed E-state index contributed by atoms with van der Waals surface area (Å²) in [6.45, 7) is 9.49. The highest BCUT2D eigenvalue weighted by Crippen LogP contribution is 2.26. The van der Waals surface area contributed by atoms with Gasteiger partial charge in [-0.2, -0.15) is 0 Å². The van der Waals surface area contributed by atoms with E-state index in [4.69, 9.17) is 0 Å². The number of hydrogen-bond donors (Lipinski definition) is 2. The Kier molecular flexibility index (Phi) is 6.37. The van der Waals surface area contributed by atoms with Crippen LogP contribution in [0.25, 0.3) is 0 Å². The van der Waals surface area contributed by atoms with Crippen LogP contribution in [0.4, 0.5) is 5.82 Å². The van der Waals surface area contributed by atoms with Crippen LogP contribution in [0.15, 0.2) is 40.7 Å². The minimum Gasteiger partial charge on any atom is -0.356 e. The maximum atomic E-state index is 4.65. The second-order valence-electron chi connectivity index (χ2n) is 7.83. The molecule has 0 amide bonds. The van der Waals surface area contributed by atoms with E-state index < -0.39 is 0 Å². The molecule has 2 aromatic heterocycles. The number of anilines is 1. The summed E-state index contributed by atoms with van der Waals surface area (Å²) in [6.07, 6.45) is 2.18. The molecule has 0 atom stereocenters. The van der Waals surface area contributed by atoms with Crippen LogP contribution in [0.2, 0.25) is 0 Å². The summed E-state index contributed by atoms with van der Waals surface area (Å²) in [5, 5.41) is 9.26. The van der Waals surface area contributed by atoms with Gasteiger partial charge in [0, 0.05) is 48.7 Å². The molecule has 0 bridgehead atoms. The number of pyridine rings is 1. The van der Waals surface area contributed by atoms with Crippen molar-refractivity contribution in [2.45, 2.75) is 45.1 Å². The molecule has 0 spiro atoms. The van der Waals surface area contributed by atoms with Crippen LogP contribution < -0.4 is 15.5 Å². The van der Waals surface area contributed by atoms with Crippen LogP contribution in [-0.4, -0.2) is 43.7 Å². The van der Waals surface area contributed by atoms with E-state index in [2.05, 4.69) is 69.0 Å². The number of thiophene rings is 1. The molecule has 2 aromatic rings. The smallest absolute Gasteiger partial charge is 0.191 e. The lowest BCUT2D eigenvalue weighted by atomic mass is 9.91. The Morgan fingerprint density at radius 3 is 2.67 bits per heavy atom. The largest absolute Gasteiger partial charge is 0.356 e. The zero-order valence-corrected chi connectivity index (χ0v) is 17.6. The Bertz CT molecular complexity index is 746. The molecule has 1 saturated heterocycles. The Labute approximate surface area is 166 Å². The predicted molar refractivity (Wildman–Crippen MR) is 116 cm³/mol. The third kappa shape index (κ3) is 5.22. The van der Waals surface area contributed by atoms with Crippen molar-refractivity contribution in [3.8, 4) is 0 Å². The van der Waals surface area contributed by atoms with Gasteiger partial charge in [0.1, 0.15) is 5.82 Å². The molecule has 146 valence electrons. The van der Waals surface area contributed by atoms with E-state index in [0.29, 0.717) is 6.04 Å². The highest BCUT2D eigenvalue weighted by Gasteiger charge is 2.24. The standard InChI is InChI=1S/C21H31N5S/c1-16-7-5-9-19(24-16)26-12-10-17(11-13-26)25-20(22-4)23-15-21(2,3)18-8-6-14-27-18/h5-9,14,17H,10-13,15H2,1-4H3,(H2,22,23,25). The van der Waals surface area contributed by atoms with Crippen molar-refractivity contribution < 1.29 is 0 Å². The topological polar surface area (TPSA) is 52.6 Å². The molecule has 5 nitrogen and oxygen atoms in total. The van der Waals surface area contributed by atoms with Crippen LogP contribution in [0.1, 0.15) is 37.3 Å². The highest BCUT2D eigenvalue weighted by molar-refractivity contribution is 7.10. The van der Waals surface area contributed by atoms with E-state index in [1.807, 2.05) is 31.4 Å². The van der Waals surface area contributed by atoms with E-state index in [-0.39, 0.29) is 5.41 Å². The number of nitrogens with one attached hydrogen (secondary N) is 2. The molecular weight excluding hydrogens is 354 g/mol. The second-order valence-corrected chi connectivity index (χ2v) is 8.78. The van der Waals surface area contributed by atoms with E-state index in [9.17, 15) is 0 Å². The Hall–Kier alpha value is -2.08. The molecule has 0 saturated carbocycles. The summed E-state index contributed by atoms with van der Waals surface area (Å²) >= 11 is 1.81. The van der Waals surface area contributed by atoms with Gasteiger partial charge in [0.05, 0.1) is 0 Å². The molecular formula is C21H31N5S. The third-order valence-corrected chi connectivity index (χ3v) is 6.38. The van der Waals surface area contributed by atoms with Gasteiger partial charge in [-0.1, -0.05) is 26.0 Å². The lowest BCUT2D eigenvalue weighted by Crippen LogP contribution is -2.50. The molecule has 2 N–H and O–H groups in total. The average Bonchev–Trinajstić information content (AvgIpc) is 3.21. The monoisotopic (exact) mass is 385 g/mol. The quantitative estimate of drug-likeness (QED) is 0.610. The van der Waals surface area contributed by atoms with Crippen LogP contribution in [0, 0.1) is 6.92 Å². The highest BCUT2D eigenvalue weighted by atomic mass is 32.1. The molecule has 0 aromatic carbocycles. The number of nitrogens with zero attached hydrogens (tertiary/aromatic N) is 3. The van der Waals surface area contributed by atoms with E-state index in [1.165, 1.54) is 4.88 Å². The molecule has 6 heteroatoms. The number of aryl methyl sites for hydroxylation is 1. The summed E-state index contributed by atoms with van der Waals surface area (Å²) in [5.74, 6) is 1.99. The van der Waals surface area contributed by atoms with Crippen molar-refractivity contribution in [2.24, 2.45) is 4.99 Å². The number of rotatable bonds is 5. The molecule has 3 rings (SSSR count). The lowest BCUT2D eigenvalue weighted by Gasteiger charge is -2.34. The fourth-order valence-electron chi connectivity index (χ4n) is 3.40. The van der Waals surface area contributed by atoms with E-state index in [0.717, 1.165) is 49.9 Å². The molecule has 1 aliphatic rings. The molecule has 1 fully saturated rings. The van der Waals surface area contributed by atoms with Crippen molar-refractivity contribution >= 4 is 23.1 Å². The number of guanidine groups is 1. The predicted octanol–water partition coefficient (Wildman–Crippen LogP) is 3.56. The number of hydrogen-bond acceptors (Lipinski definition) is 4. The van der Waals surface area contributed by atoms with Gasteiger partial charge in [-0.3, -0.25) is 4.99 Å². The van der Waals surface area contributed by atoms with E-state index >= 15 is 0 Å². The molecule has 0 radical (unpaired) electrons. The van der Waals surface area contributed by atoms with Gasteiger partial charge < -0.3 is 15.5 Å². The Balaban J connectivity index is 1.48. The fraction of sp³-hybridized carbons (Fsp3) is 0.524. The number of piperidine rings is 1. The van der Waals surface area contributed by atoms with Gasteiger partial charge in [-0.15, -0.1) is 11.3 Å². The molecule has 0 unspecified atom stereocenters. The summed E-state index contributed by atoms with van der Waals surface area (Å²) in [7, 11) is 1.85. The first-order valence-corrected chi connectivity index (χ1v) is 10.6.